The number of benzene rings is 1. The number of hydrogen-bond acceptors (Lipinski definition) is 2. The molecule has 0 aliphatic rings. The third kappa shape index (κ3) is 3.74. The van der Waals surface area contributed by atoms with E-state index >= 15 is 0 Å². The van der Waals surface area contributed by atoms with Gasteiger partial charge in [0.05, 0.1) is 10.7 Å². The maximum Gasteiger partial charge on any atom is 0.133 e. The molecule has 118 valence electrons. The van der Waals surface area contributed by atoms with E-state index in [1.54, 1.807) is 6.07 Å². The predicted octanol–water partition coefficient (Wildman–Crippen LogP) is 6.65. The van der Waals surface area contributed by atoms with Gasteiger partial charge in [0.2, 0.25) is 0 Å². The Hall–Kier alpha value is -1.25. The minimum absolute atomic E-state index is 0.558. The molecule has 0 saturated carbocycles. The Balaban J connectivity index is 2.43. The largest absolute Gasteiger partial charge is 0.339 e. The molecule has 0 atom stereocenters. The van der Waals surface area contributed by atoms with Crippen molar-refractivity contribution in [1.82, 2.24) is 4.98 Å². The molecule has 1 heterocycles. The van der Waals surface area contributed by atoms with E-state index in [2.05, 4.69) is 37.1 Å². The average Bonchev–Trinajstić information content (AvgIpc) is 2.47. The van der Waals surface area contributed by atoms with Crippen LogP contribution in [-0.2, 0) is 0 Å². The van der Waals surface area contributed by atoms with Gasteiger partial charge >= 0.3 is 0 Å². The molecule has 0 spiro atoms. The van der Waals surface area contributed by atoms with Crippen LogP contribution in [0.3, 0.4) is 0 Å². The van der Waals surface area contributed by atoms with E-state index in [4.69, 9.17) is 23.2 Å². The zero-order chi connectivity index (χ0) is 16.3. The summed E-state index contributed by atoms with van der Waals surface area (Å²) >= 11 is 12.2. The number of nitrogens with zero attached hydrogens (tertiary/aromatic N) is 1. The molecule has 1 aromatic heterocycles. The number of nitrogens with one attached hydrogen (secondary N) is 1. The topological polar surface area (TPSA) is 24.9 Å². The van der Waals surface area contributed by atoms with Gasteiger partial charge < -0.3 is 5.32 Å². The van der Waals surface area contributed by atoms with Crippen LogP contribution in [0, 0.1) is 13.8 Å². The summed E-state index contributed by atoms with van der Waals surface area (Å²) in [6.45, 7) is 8.60. The molecule has 1 aromatic carbocycles. The summed E-state index contributed by atoms with van der Waals surface area (Å²) in [6.07, 6.45) is 2.25. The number of pyridine rings is 1. The Morgan fingerprint density at radius 1 is 1.09 bits per heavy atom. The quantitative estimate of drug-likeness (QED) is 0.660. The van der Waals surface area contributed by atoms with Crippen LogP contribution in [0.25, 0.3) is 0 Å². The first-order valence-electron chi connectivity index (χ1n) is 7.66. The van der Waals surface area contributed by atoms with Crippen molar-refractivity contribution in [2.24, 2.45) is 0 Å². The second-order valence-corrected chi connectivity index (χ2v) is 6.43. The van der Waals surface area contributed by atoms with Crippen molar-refractivity contribution in [2.45, 2.75) is 46.5 Å². The van der Waals surface area contributed by atoms with E-state index in [9.17, 15) is 0 Å². The third-order valence-corrected chi connectivity index (χ3v) is 4.60. The highest BCUT2D eigenvalue weighted by atomic mass is 35.5. The van der Waals surface area contributed by atoms with E-state index in [0.29, 0.717) is 16.0 Å². The SMILES string of the molecule is CCC(CC)c1cc(C)nc(Nc2ccc(Cl)cc2Cl)c1C. The van der Waals surface area contributed by atoms with Gasteiger partial charge in [0.1, 0.15) is 5.82 Å². The van der Waals surface area contributed by atoms with Crippen LogP contribution in [0.15, 0.2) is 24.3 Å². The van der Waals surface area contributed by atoms with Crippen molar-refractivity contribution in [1.29, 1.82) is 0 Å². The summed E-state index contributed by atoms with van der Waals surface area (Å²) in [6, 6.07) is 7.63. The molecular weight excluding hydrogens is 315 g/mol. The molecule has 0 aliphatic carbocycles. The lowest BCUT2D eigenvalue weighted by atomic mass is 9.90. The van der Waals surface area contributed by atoms with Gasteiger partial charge in [-0.25, -0.2) is 4.98 Å². The average molecular weight is 337 g/mol. The fourth-order valence-corrected chi connectivity index (χ4v) is 3.21. The molecular formula is C18H22Cl2N2. The highest BCUT2D eigenvalue weighted by molar-refractivity contribution is 6.36. The first-order valence-corrected chi connectivity index (χ1v) is 8.42. The Morgan fingerprint density at radius 2 is 1.77 bits per heavy atom. The van der Waals surface area contributed by atoms with E-state index in [1.165, 1.54) is 11.1 Å². The van der Waals surface area contributed by atoms with Gasteiger partial charge in [0.15, 0.2) is 0 Å². The Morgan fingerprint density at radius 3 is 2.36 bits per heavy atom. The Labute approximate surface area is 142 Å². The smallest absolute Gasteiger partial charge is 0.133 e. The van der Waals surface area contributed by atoms with Gasteiger partial charge in [0, 0.05) is 10.7 Å². The van der Waals surface area contributed by atoms with Crippen LogP contribution in [0.4, 0.5) is 11.5 Å². The number of hydrogen-bond donors (Lipinski definition) is 1. The first kappa shape index (κ1) is 17.1. The zero-order valence-electron chi connectivity index (χ0n) is 13.5. The normalized spacial score (nSPS) is 11.0. The summed E-state index contributed by atoms with van der Waals surface area (Å²) in [5, 5.41) is 4.57. The highest BCUT2D eigenvalue weighted by Crippen LogP contribution is 2.33. The summed E-state index contributed by atoms with van der Waals surface area (Å²) in [5.74, 6) is 1.43. The van der Waals surface area contributed by atoms with Crippen LogP contribution in [0.2, 0.25) is 10.0 Å². The van der Waals surface area contributed by atoms with Gasteiger partial charge in [-0.05, 0) is 68.0 Å². The lowest BCUT2D eigenvalue weighted by Gasteiger charge is -2.20. The predicted molar refractivity (Wildman–Crippen MR) is 96.8 cm³/mol. The Bertz CT molecular complexity index is 664. The van der Waals surface area contributed by atoms with Crippen molar-refractivity contribution >= 4 is 34.7 Å². The minimum Gasteiger partial charge on any atom is -0.339 e. The molecule has 2 rings (SSSR count). The molecule has 4 heteroatoms. The third-order valence-electron chi connectivity index (χ3n) is 4.05. The highest BCUT2D eigenvalue weighted by Gasteiger charge is 2.15. The fraction of sp³-hybridized carbons (Fsp3) is 0.389. The molecule has 0 amide bonds. The standard InChI is InChI=1S/C18H22Cl2N2/c1-5-13(6-2)15-9-11(3)21-18(12(15)4)22-17-8-7-14(19)10-16(17)20/h7-10,13H,5-6H2,1-4H3,(H,21,22). The van der Waals surface area contributed by atoms with Crippen molar-refractivity contribution in [3.63, 3.8) is 0 Å². The van der Waals surface area contributed by atoms with Crippen LogP contribution < -0.4 is 5.32 Å². The lowest BCUT2D eigenvalue weighted by molar-refractivity contribution is 0.637. The number of aryl methyl sites for hydroxylation is 1. The van der Waals surface area contributed by atoms with E-state index in [1.807, 2.05) is 19.1 Å². The molecule has 0 fully saturated rings. The van der Waals surface area contributed by atoms with Crippen LogP contribution >= 0.6 is 23.2 Å². The summed E-state index contributed by atoms with van der Waals surface area (Å²) in [4.78, 5) is 4.64. The van der Waals surface area contributed by atoms with E-state index < -0.39 is 0 Å². The molecule has 0 radical (unpaired) electrons. The number of aromatic nitrogens is 1. The van der Waals surface area contributed by atoms with Crippen LogP contribution in [0.1, 0.15) is 49.4 Å². The van der Waals surface area contributed by atoms with Gasteiger partial charge in [-0.3, -0.25) is 0 Å². The second-order valence-electron chi connectivity index (χ2n) is 5.59. The zero-order valence-corrected chi connectivity index (χ0v) is 15.0. The number of anilines is 2. The molecule has 0 unspecified atom stereocenters. The van der Waals surface area contributed by atoms with Crippen LogP contribution in [0.5, 0.6) is 0 Å². The molecule has 0 aliphatic heterocycles. The monoisotopic (exact) mass is 336 g/mol. The molecule has 1 N–H and O–H groups in total. The molecule has 2 aromatic rings. The molecule has 2 nitrogen and oxygen atoms in total. The van der Waals surface area contributed by atoms with E-state index in [0.717, 1.165) is 30.0 Å². The van der Waals surface area contributed by atoms with Crippen molar-refractivity contribution in [3.8, 4) is 0 Å². The van der Waals surface area contributed by atoms with Crippen molar-refractivity contribution in [2.75, 3.05) is 5.32 Å². The van der Waals surface area contributed by atoms with Crippen molar-refractivity contribution < 1.29 is 0 Å². The summed E-state index contributed by atoms with van der Waals surface area (Å²) < 4.78 is 0. The maximum absolute atomic E-state index is 6.25. The summed E-state index contributed by atoms with van der Waals surface area (Å²) in [5.41, 5.74) is 4.39. The minimum atomic E-state index is 0.558. The van der Waals surface area contributed by atoms with E-state index in [-0.39, 0.29) is 0 Å². The molecule has 22 heavy (non-hydrogen) atoms. The maximum atomic E-state index is 6.25. The summed E-state index contributed by atoms with van der Waals surface area (Å²) in [7, 11) is 0. The van der Waals surface area contributed by atoms with Gasteiger partial charge in [-0.2, -0.15) is 0 Å². The molecule has 0 bridgehead atoms. The van der Waals surface area contributed by atoms with Gasteiger partial charge in [0.25, 0.3) is 0 Å². The fourth-order valence-electron chi connectivity index (χ4n) is 2.76. The van der Waals surface area contributed by atoms with Crippen molar-refractivity contribution in [3.05, 3.63) is 51.1 Å². The number of rotatable bonds is 5. The lowest BCUT2D eigenvalue weighted by Crippen LogP contribution is -2.06. The number of halogens is 2. The van der Waals surface area contributed by atoms with Gasteiger partial charge in [-0.1, -0.05) is 37.0 Å². The van der Waals surface area contributed by atoms with Gasteiger partial charge in [-0.15, -0.1) is 0 Å². The molecule has 0 saturated heterocycles. The second kappa shape index (κ2) is 7.34. The first-order chi connectivity index (χ1) is 10.5. The van der Waals surface area contributed by atoms with Crippen LogP contribution in [-0.4, -0.2) is 4.98 Å². The Kier molecular flexibility index (Phi) is 5.71.